The van der Waals surface area contributed by atoms with E-state index in [1.807, 2.05) is 32.9 Å². The zero-order valence-corrected chi connectivity index (χ0v) is 18.1. The van der Waals surface area contributed by atoms with Gasteiger partial charge in [-0.1, -0.05) is 29.9 Å². The maximum Gasteiger partial charge on any atom is 0.394 e. The summed E-state index contributed by atoms with van der Waals surface area (Å²) >= 11 is 0. The summed E-state index contributed by atoms with van der Waals surface area (Å²) < 4.78 is 11.0. The molecule has 0 radical (unpaired) electrons. The van der Waals surface area contributed by atoms with Gasteiger partial charge in [0.05, 0.1) is 19.4 Å². The highest BCUT2D eigenvalue weighted by Crippen LogP contribution is 2.32. The van der Waals surface area contributed by atoms with Crippen LogP contribution in [-0.2, 0) is 16.0 Å². The van der Waals surface area contributed by atoms with E-state index in [1.165, 1.54) is 12.7 Å². The van der Waals surface area contributed by atoms with Crippen LogP contribution in [0.25, 0.3) is 12.2 Å². The molecule has 1 amide bonds. The Morgan fingerprint density at radius 2 is 1.84 bits per heavy atom. The Kier molecular flexibility index (Phi) is 8.25. The average Bonchev–Trinajstić information content (AvgIpc) is 2.72. The second-order valence-corrected chi connectivity index (χ2v) is 6.98. The number of ether oxygens (including phenoxy) is 2. The van der Waals surface area contributed by atoms with Gasteiger partial charge in [-0.2, -0.15) is 0 Å². The average molecular weight is 425 g/mol. The van der Waals surface area contributed by atoms with Gasteiger partial charge < -0.3 is 25.0 Å². The molecule has 0 aliphatic carbocycles. The van der Waals surface area contributed by atoms with E-state index in [4.69, 9.17) is 14.6 Å². The van der Waals surface area contributed by atoms with Crippen LogP contribution >= 0.6 is 0 Å². The summed E-state index contributed by atoms with van der Waals surface area (Å²) in [6.45, 7) is 6.41. The van der Waals surface area contributed by atoms with Crippen LogP contribution in [-0.4, -0.2) is 35.8 Å². The number of aromatic hydroxyl groups is 1. The molecule has 0 spiro atoms. The molecule has 164 valence electrons. The number of rotatable bonds is 8. The van der Waals surface area contributed by atoms with Crippen molar-refractivity contribution < 1.29 is 29.3 Å². The molecule has 31 heavy (non-hydrogen) atoms. The maximum absolute atomic E-state index is 11.4. The van der Waals surface area contributed by atoms with Crippen LogP contribution in [0, 0.1) is 0 Å². The van der Waals surface area contributed by atoms with Crippen LogP contribution in [0.15, 0.2) is 42.0 Å². The minimum absolute atomic E-state index is 0.105. The van der Waals surface area contributed by atoms with Crippen molar-refractivity contribution in [2.75, 3.05) is 19.0 Å². The zero-order valence-electron chi connectivity index (χ0n) is 18.1. The summed E-state index contributed by atoms with van der Waals surface area (Å²) in [5.74, 6) is -1.66. The third kappa shape index (κ3) is 6.64. The van der Waals surface area contributed by atoms with Crippen molar-refractivity contribution in [2.24, 2.45) is 0 Å². The number of nitrogens with one attached hydrogen (secondary N) is 1. The van der Waals surface area contributed by atoms with Crippen LogP contribution in [0.4, 0.5) is 5.69 Å². The number of carbonyl (C=O) groups is 2. The quantitative estimate of drug-likeness (QED) is 0.327. The first-order valence-corrected chi connectivity index (χ1v) is 9.77. The van der Waals surface area contributed by atoms with Crippen molar-refractivity contribution >= 4 is 29.7 Å². The second kappa shape index (κ2) is 10.9. The molecule has 0 unspecified atom stereocenters. The smallest absolute Gasteiger partial charge is 0.394 e. The van der Waals surface area contributed by atoms with E-state index in [1.54, 1.807) is 30.3 Å². The number of benzene rings is 2. The number of carbonyl (C=O) groups excluding carboxylic acids is 1. The number of aliphatic carboxylic acids is 1. The van der Waals surface area contributed by atoms with Crippen LogP contribution < -0.4 is 14.8 Å². The molecule has 0 bridgehead atoms. The summed E-state index contributed by atoms with van der Waals surface area (Å²) in [6.07, 6.45) is 6.44. The number of anilines is 1. The van der Waals surface area contributed by atoms with Crippen molar-refractivity contribution in [1.29, 1.82) is 0 Å². The molecule has 3 N–H and O–H groups in total. The van der Waals surface area contributed by atoms with Gasteiger partial charge in [0.2, 0.25) is 0 Å². The van der Waals surface area contributed by atoms with E-state index in [0.29, 0.717) is 24.5 Å². The number of phenolic OH excluding ortho intramolecular Hbond substituents is 1. The van der Waals surface area contributed by atoms with Crippen LogP contribution in [0.1, 0.15) is 37.5 Å². The largest absolute Gasteiger partial charge is 0.508 e. The lowest BCUT2D eigenvalue weighted by atomic mass is 10.00. The lowest BCUT2D eigenvalue weighted by molar-refractivity contribution is -0.147. The number of hydrogen-bond acceptors (Lipinski definition) is 5. The molecule has 0 heterocycles. The van der Waals surface area contributed by atoms with Crippen molar-refractivity contribution in [3.05, 3.63) is 58.7 Å². The molecule has 0 saturated carbocycles. The predicted molar refractivity (Wildman–Crippen MR) is 121 cm³/mol. The molecule has 2 aromatic rings. The number of amides is 1. The summed E-state index contributed by atoms with van der Waals surface area (Å²) in [4.78, 5) is 22.2. The number of allylic oxidation sites excluding steroid dienone is 2. The second-order valence-electron chi connectivity index (χ2n) is 6.98. The van der Waals surface area contributed by atoms with Crippen molar-refractivity contribution in [3.63, 3.8) is 0 Å². The summed E-state index contributed by atoms with van der Waals surface area (Å²) in [6, 6.07) is 8.25. The van der Waals surface area contributed by atoms with Gasteiger partial charge in [0.1, 0.15) is 17.2 Å². The number of hydrogen-bond donors (Lipinski definition) is 3. The van der Waals surface area contributed by atoms with Crippen molar-refractivity contribution in [3.8, 4) is 17.2 Å². The molecule has 0 aliphatic heterocycles. The molecule has 2 rings (SSSR count). The normalized spacial score (nSPS) is 10.6. The van der Waals surface area contributed by atoms with Gasteiger partial charge in [-0.3, -0.25) is 4.79 Å². The van der Waals surface area contributed by atoms with Gasteiger partial charge in [0.15, 0.2) is 0 Å². The van der Waals surface area contributed by atoms with E-state index < -0.39 is 11.9 Å². The van der Waals surface area contributed by atoms with Crippen molar-refractivity contribution in [1.82, 2.24) is 0 Å². The Balaban J connectivity index is 2.40. The molecule has 0 saturated heterocycles. The minimum Gasteiger partial charge on any atom is -0.508 e. The van der Waals surface area contributed by atoms with E-state index in [9.17, 15) is 14.7 Å². The predicted octanol–water partition coefficient (Wildman–Crippen LogP) is 4.50. The maximum atomic E-state index is 11.4. The first kappa shape index (κ1) is 23.5. The summed E-state index contributed by atoms with van der Waals surface area (Å²) in [7, 11) is 1.43. The van der Waals surface area contributed by atoms with E-state index in [0.717, 1.165) is 16.7 Å². The minimum atomic E-state index is -1.58. The molecule has 0 fully saturated rings. The first-order valence-electron chi connectivity index (χ1n) is 9.77. The van der Waals surface area contributed by atoms with Gasteiger partial charge in [-0.05, 0) is 56.5 Å². The third-order valence-corrected chi connectivity index (χ3v) is 4.37. The number of phenols is 1. The van der Waals surface area contributed by atoms with Crippen LogP contribution in [0.3, 0.4) is 0 Å². The zero-order chi connectivity index (χ0) is 23.0. The molecule has 0 aromatic heterocycles. The van der Waals surface area contributed by atoms with Gasteiger partial charge in [0.25, 0.3) is 0 Å². The first-order chi connectivity index (χ1) is 14.7. The topological polar surface area (TPSA) is 105 Å². The van der Waals surface area contributed by atoms with Gasteiger partial charge >= 0.3 is 11.9 Å². The SMILES string of the molecule is CCOc1cc(O)cc(C=Cc2ccc(NC(=O)C(=O)O)c(OC)c2)c1CC=C(C)C. The van der Waals surface area contributed by atoms with Crippen LogP contribution in [0.5, 0.6) is 17.2 Å². The fraction of sp³-hybridized carbons (Fsp3) is 0.250. The van der Waals surface area contributed by atoms with Gasteiger partial charge in [-0.25, -0.2) is 4.79 Å². The highest BCUT2D eigenvalue weighted by molar-refractivity contribution is 6.36. The Hall–Kier alpha value is -3.74. The third-order valence-electron chi connectivity index (χ3n) is 4.37. The Labute approximate surface area is 181 Å². The van der Waals surface area contributed by atoms with Gasteiger partial charge in [0, 0.05) is 11.6 Å². The molecule has 2 aromatic carbocycles. The van der Waals surface area contributed by atoms with E-state index >= 15 is 0 Å². The van der Waals surface area contributed by atoms with Crippen molar-refractivity contribution in [2.45, 2.75) is 27.2 Å². The molecule has 7 nitrogen and oxygen atoms in total. The number of methoxy groups -OCH3 is 1. The van der Waals surface area contributed by atoms with E-state index in [2.05, 4.69) is 11.4 Å². The standard InChI is InChI=1S/C24H27NO6/c1-5-31-21-14-18(26)13-17(19(21)10-6-15(2)3)9-7-16-8-11-20(22(12-16)30-4)25-23(27)24(28)29/h6-9,11-14,26H,5,10H2,1-4H3,(H,25,27)(H,28,29). The number of carboxylic acid groups (broad SMARTS) is 1. The monoisotopic (exact) mass is 425 g/mol. The molecular formula is C24H27NO6. The lowest BCUT2D eigenvalue weighted by Gasteiger charge is -2.13. The summed E-state index contributed by atoms with van der Waals surface area (Å²) in [5.41, 5.74) is 3.96. The number of carboxylic acids is 1. The highest BCUT2D eigenvalue weighted by Gasteiger charge is 2.14. The van der Waals surface area contributed by atoms with Crippen LogP contribution in [0.2, 0.25) is 0 Å². The fourth-order valence-corrected chi connectivity index (χ4v) is 2.89. The summed E-state index contributed by atoms with van der Waals surface area (Å²) in [5, 5.41) is 21.2. The Morgan fingerprint density at radius 1 is 1.10 bits per heavy atom. The fourth-order valence-electron chi connectivity index (χ4n) is 2.89. The molecule has 0 atom stereocenters. The molecule has 7 heteroatoms. The Bertz CT molecular complexity index is 1020. The lowest BCUT2D eigenvalue weighted by Crippen LogP contribution is -2.22. The Morgan fingerprint density at radius 3 is 2.45 bits per heavy atom. The van der Waals surface area contributed by atoms with E-state index in [-0.39, 0.29) is 11.4 Å². The molecule has 0 aliphatic rings. The highest BCUT2D eigenvalue weighted by atomic mass is 16.5. The molecular weight excluding hydrogens is 398 g/mol. The van der Waals surface area contributed by atoms with Gasteiger partial charge in [-0.15, -0.1) is 0 Å².